The molecule has 0 bridgehead atoms. The number of rotatable bonds is 19. The third-order valence-electron chi connectivity index (χ3n) is 11.0. The fourth-order valence-electron chi connectivity index (χ4n) is 7.14. The largest absolute Gasteiger partial charge is 0.400 e. The summed E-state index contributed by atoms with van der Waals surface area (Å²) in [6.07, 6.45) is -6.95. The third-order valence-corrected chi connectivity index (χ3v) is 110. The van der Waals surface area contributed by atoms with Crippen molar-refractivity contribution in [1.29, 1.82) is 2.86 Å². The second kappa shape index (κ2) is 148. The number of nitrogens with one attached hydrogen (secondary N) is 2. The van der Waals surface area contributed by atoms with E-state index in [1.807, 2.05) is 316 Å². The van der Waals surface area contributed by atoms with Crippen molar-refractivity contribution in [1.82, 2.24) is 23.8 Å². The molecule has 6 N–H and O–H groups in total. The number of alkyl halides is 2. The molecule has 17 nitrogen and oxygen atoms in total. The normalized spacial score (nSPS) is 14.6. The first-order valence-electron chi connectivity index (χ1n) is 32.3. The Morgan fingerprint density at radius 2 is 0.696 bits per heavy atom. The zero-order chi connectivity index (χ0) is 88.8. The number of aromatic nitrogens is 4. The quantitative estimate of drug-likeness (QED) is 0.0393. The van der Waals surface area contributed by atoms with Gasteiger partial charge in [0, 0.05) is 1070 Å². The van der Waals surface area contributed by atoms with E-state index in [-0.39, 0.29) is 624 Å². The van der Waals surface area contributed by atoms with Crippen molar-refractivity contribution in [3.8, 4) is 0 Å². The van der Waals surface area contributed by atoms with Crippen molar-refractivity contribution < 1.29 is 642 Å². The maximum Gasteiger partial charge on any atom is 0.330 e. The average molecular weight is 7050 g/mol. The molecule has 2 aliphatic rings. The van der Waals surface area contributed by atoms with E-state index in [0.717, 1.165) is 33.9 Å². The van der Waals surface area contributed by atoms with Crippen molar-refractivity contribution in [3.05, 3.63) is 126 Å². The first-order chi connectivity index (χ1) is 58.0. The van der Waals surface area contributed by atoms with Gasteiger partial charge in [-0.05, 0) is 77.6 Å². The molecule has 0 radical (unpaired) electrons. The minimum absolute atomic E-state index is 0. The Bertz CT molecular complexity index is 6120. The standard InChI is InChI=1S/C26H39FN3O5PS2.C11H16OS2.C9H11FN2O4.2CH4O.S44.19U/c1-16(2)30(17(3)4)36(33-15-13-20-10-8-9-11-21(20)38-37-18(5)6)35-24-19(7)34-25(23(24)27)29-14-12-22(31)28-26(29)32;1-9(2)13-14-11-6-4-3-5-10(11)7-8-12;1-4-7(14)6(10)8(16-4)12-3-2-5(13)11-9(12)15;2*1-2;1-3-5-7-9-11-13-15-17-19-21-23-25-27-29-31-33-35-37-39-41-43-44-42-40-38-36-34-32-30-28-26-24-22-20-18-16-14-12-10-8-6-4-2;;;;;;;;;;;;;;;;;;;/h8-12,14,16-19,23-25H,13,15H2,1-7H3,(H,28,31,32);3-6,9,12H,7-8H2,1-2H3;2-4,6-8,14H,1H3,(H,11,13,15);2*2H,1H3;;;;;;;;;;;;;;;;;;;;/i7D;;1D;2*2T;;;;;;;;;;;;;;;;;;;;. The summed E-state index contributed by atoms with van der Waals surface area (Å²) in [5.41, 5.74) is -0.372. The second-order valence-corrected chi connectivity index (χ2v) is 101. The van der Waals surface area contributed by atoms with Gasteiger partial charge in [0.25, 0.3) is 19.6 Å². The summed E-state index contributed by atoms with van der Waals surface area (Å²) in [7, 11) is 82.8. The molecule has 2 saturated heterocycles. The van der Waals surface area contributed by atoms with Crippen LogP contribution in [0.2, 0.25) is 0 Å². The number of aliphatic hydroxyl groups is 4. The predicted octanol–water partition coefficient (Wildman–Crippen LogP) is 7.57. The van der Waals surface area contributed by atoms with Gasteiger partial charge in [0.05, 0.1) is 18.8 Å². The summed E-state index contributed by atoms with van der Waals surface area (Å²) in [5, 5.41) is 26.5. The number of aliphatic hydroxyl groups excluding tert-OH is 4. The summed E-state index contributed by atoms with van der Waals surface area (Å²) in [6, 6.07) is 18.8. The minimum Gasteiger partial charge on any atom is -0.400 e. The van der Waals surface area contributed by atoms with Gasteiger partial charge in [0.2, 0.25) is 2.86 Å². The fourth-order valence-corrected chi connectivity index (χ4v) is 123. The summed E-state index contributed by atoms with van der Waals surface area (Å²) in [4.78, 5) is 52.6. The van der Waals surface area contributed by atoms with E-state index in [1.165, 1.54) is 59.1 Å². The van der Waals surface area contributed by atoms with E-state index < -0.39 is 80.2 Å². The number of halogens is 2. The molecular formula is C48H74F2N5O12PS48U19. The van der Waals surface area contributed by atoms with Gasteiger partial charge >= 0.3 is 11.4 Å². The van der Waals surface area contributed by atoms with Crippen molar-refractivity contribution in [2.75, 3.05) is 27.4 Å². The molecule has 0 spiro atoms. The van der Waals surface area contributed by atoms with E-state index >= 15 is 4.39 Å². The Kier molecular flexibility index (Phi) is 212. The van der Waals surface area contributed by atoms with Crippen LogP contribution in [0.4, 0.5) is 8.78 Å². The molecule has 4 heterocycles. The molecule has 2 fully saturated rings. The van der Waals surface area contributed by atoms with Crippen LogP contribution in [-0.4, -0.2) is 134 Å². The van der Waals surface area contributed by atoms with E-state index in [4.69, 9.17) is 51.6 Å². The molecule has 0 saturated carbocycles. The Morgan fingerprint density at radius 3 is 0.941 bits per heavy atom. The third kappa shape index (κ3) is 111. The van der Waals surface area contributed by atoms with Crippen molar-refractivity contribution in [2.45, 2.75) is 164 Å². The average Bonchev–Trinajstić information content (AvgIpc) is 1.65. The zero-order valence-corrected chi connectivity index (χ0v) is 189. The maximum atomic E-state index is 15.8. The Labute approximate surface area is 1390 Å². The summed E-state index contributed by atoms with van der Waals surface area (Å²) in [6.45, 7) is 16.8. The Morgan fingerprint density at radius 1 is 0.437 bits per heavy atom. The van der Waals surface area contributed by atoms with Crippen LogP contribution in [0.25, 0.3) is 0 Å². The Hall–Kier alpha value is 26.8. The van der Waals surface area contributed by atoms with Crippen LogP contribution in [0.3, 0.4) is 0 Å². The summed E-state index contributed by atoms with van der Waals surface area (Å²) < 4.78 is 83.4. The van der Waals surface area contributed by atoms with Crippen LogP contribution < -0.4 is 22.5 Å². The molecule has 9 atom stereocenters. The van der Waals surface area contributed by atoms with Gasteiger partial charge in [-0.15, -0.1) is 0 Å². The minimum atomic E-state index is -1.81. The second-order valence-electron chi connectivity index (χ2n) is 19.5. The van der Waals surface area contributed by atoms with Gasteiger partial charge in [0.15, 0.2) is 24.8 Å². The van der Waals surface area contributed by atoms with Crippen LogP contribution in [0.15, 0.2) is 102 Å². The molecule has 2 aromatic carbocycles. The predicted molar refractivity (Wildman–Crippen MR) is 612 cm³/mol. The first kappa shape index (κ1) is 194. The molecule has 0 aliphatic carbocycles. The van der Waals surface area contributed by atoms with Crippen LogP contribution in [0, 0.1) is 591 Å². The molecule has 87 heteroatoms. The van der Waals surface area contributed by atoms with Crippen LogP contribution in [-0.2, 0) is 427 Å². The molecule has 135 heavy (non-hydrogen) atoms. The summed E-state index contributed by atoms with van der Waals surface area (Å²) >= 11 is 9.61. The molecule has 6 rings (SSSR count). The van der Waals surface area contributed by atoms with Gasteiger partial charge < -0.3 is 39.0 Å². The van der Waals surface area contributed by atoms with Gasteiger partial charge in [-0.25, -0.2) is 23.0 Å². The monoisotopic (exact) mass is 7050 g/mol. The number of ether oxygens (including phenoxy) is 2. The van der Waals surface area contributed by atoms with E-state index in [0.29, 0.717) is 23.5 Å². The number of aromatic amines is 2. The smallest absolute Gasteiger partial charge is 0.330 e. The topological polar surface area (TPSA) is 231 Å². The first-order valence-corrected chi connectivity index (χ1v) is 93.0. The van der Waals surface area contributed by atoms with Crippen LogP contribution in [0.1, 0.15) is 95.5 Å². The summed E-state index contributed by atoms with van der Waals surface area (Å²) in [5.74, 6) is 0. The van der Waals surface area contributed by atoms with Gasteiger partial charge in [-0.3, -0.25) is 28.7 Å². The van der Waals surface area contributed by atoms with Gasteiger partial charge in [-0.1, -0.05) is 107 Å². The Balaban J connectivity index is -0.0000000813. The molecule has 4 aromatic rings. The molecular weight excluding hydrogens is 6970 g/mol. The van der Waals surface area contributed by atoms with Crippen LogP contribution in [0.5, 0.6) is 0 Å². The van der Waals surface area contributed by atoms with Gasteiger partial charge in [-0.2, -0.15) is 0 Å². The zero-order valence-electron chi connectivity index (χ0n) is 73.7. The number of hydrogen-bond acceptors (Lipinski definition) is 19. The van der Waals surface area contributed by atoms with E-state index in [1.54, 1.807) is 139 Å². The molecule has 0 amide bonds. The SMILES string of the molecule is CC(C)SSc1ccccc1CCO.S=S=S=S=S=S=S=S=S=S=S=S=S=S=S=S=S=S=S=S=S=S=S=S=S=S=S=S=S=S=S=S=S=S=S=S=S=S=S=S=S=S=S=S.[2H]CC1OC(n2ccc(=O)[nH]c2=O)C(F)C1O.[2H]CC1OC(n2ccc(=O)[nH]c2=O)C(F)C1OP(OCCc1ccccc1SSC(C)C)N(C(C)C)C(C)C.[3H]OC.[3H]OC.[U].[U].[U].[U].[U].[U].[U].[U].[U].[U].[U].[U].[U].[U].[U].[U].[U].[U].[U]. The molecule has 9 unspecified atom stereocenters. The van der Waals surface area contributed by atoms with Crippen LogP contribution >= 0.6 is 51.7 Å². The fraction of sp³-hybridized carbons (Fsp3) is 0.583. The molecule has 746 valence electrons. The van der Waals surface area contributed by atoms with E-state index in [9.17, 15) is 28.7 Å². The van der Waals surface area contributed by atoms with Crippen molar-refractivity contribution in [2.24, 2.45) is 0 Å². The number of H-pyrrole nitrogens is 2. The number of benzene rings is 2. The number of hydrogen-bond donors (Lipinski definition) is 6. The van der Waals surface area contributed by atoms with E-state index in [2.05, 4.69) is 71.8 Å². The van der Waals surface area contributed by atoms with Gasteiger partial charge in [0.1, 0.15) is 12.2 Å². The van der Waals surface area contributed by atoms with Crippen molar-refractivity contribution >= 4 is 447 Å². The molecule has 2 aliphatic heterocycles. The number of nitrogens with zero attached hydrogens (tertiary/aromatic N) is 3. The maximum absolute atomic E-state index is 15.8. The van der Waals surface area contributed by atoms with Crippen molar-refractivity contribution in [3.63, 3.8) is 0 Å². The molecule has 2 aromatic heterocycles.